The summed E-state index contributed by atoms with van der Waals surface area (Å²) in [5, 5.41) is 3.61. The molecule has 0 aliphatic heterocycles. The highest BCUT2D eigenvalue weighted by molar-refractivity contribution is 6.30. The van der Waals surface area contributed by atoms with Crippen LogP contribution < -0.4 is 10.1 Å². The molecule has 2 rings (SSSR count). The van der Waals surface area contributed by atoms with Gasteiger partial charge in [0.1, 0.15) is 5.75 Å². The van der Waals surface area contributed by atoms with Gasteiger partial charge in [-0.1, -0.05) is 43.6 Å². The van der Waals surface area contributed by atoms with E-state index in [2.05, 4.69) is 37.4 Å². The van der Waals surface area contributed by atoms with E-state index in [-0.39, 0.29) is 5.91 Å². The average Bonchev–Trinajstić information content (AvgIpc) is 2.61. The lowest BCUT2D eigenvalue weighted by molar-refractivity contribution is -0.127. The number of hydrogen-bond donors (Lipinski definition) is 1. The third-order valence-electron chi connectivity index (χ3n) is 4.01. The Labute approximate surface area is 149 Å². The van der Waals surface area contributed by atoms with Gasteiger partial charge in [-0.3, -0.25) is 4.79 Å². The van der Waals surface area contributed by atoms with E-state index in [4.69, 9.17) is 16.3 Å². The summed E-state index contributed by atoms with van der Waals surface area (Å²) < 4.78 is 5.65. The van der Waals surface area contributed by atoms with Crippen LogP contribution in [0.1, 0.15) is 37.5 Å². The lowest BCUT2D eigenvalue weighted by Crippen LogP contribution is -2.36. The molecule has 0 bridgehead atoms. The van der Waals surface area contributed by atoms with E-state index < -0.39 is 6.10 Å². The number of benzene rings is 2. The van der Waals surface area contributed by atoms with Gasteiger partial charge in [0.15, 0.2) is 6.10 Å². The summed E-state index contributed by atoms with van der Waals surface area (Å²) in [5.74, 6) is 0.498. The van der Waals surface area contributed by atoms with Gasteiger partial charge in [0, 0.05) is 11.6 Å². The highest BCUT2D eigenvalue weighted by Crippen LogP contribution is 2.17. The summed E-state index contributed by atoms with van der Waals surface area (Å²) in [5.41, 5.74) is 3.71. The fourth-order valence-corrected chi connectivity index (χ4v) is 2.63. The molecule has 0 fully saturated rings. The summed E-state index contributed by atoms with van der Waals surface area (Å²) in [6, 6.07) is 13.5. The highest BCUT2D eigenvalue weighted by atomic mass is 35.5. The van der Waals surface area contributed by atoms with E-state index in [0.29, 0.717) is 17.3 Å². The Morgan fingerprint density at radius 3 is 2.42 bits per heavy atom. The van der Waals surface area contributed by atoms with E-state index in [9.17, 15) is 4.79 Å². The third kappa shape index (κ3) is 5.00. The molecule has 0 spiro atoms. The van der Waals surface area contributed by atoms with E-state index in [1.54, 1.807) is 31.2 Å². The first-order valence-corrected chi connectivity index (χ1v) is 8.71. The summed E-state index contributed by atoms with van der Waals surface area (Å²) in [6.07, 6.45) is 1.37. The zero-order chi connectivity index (χ0) is 17.5. The monoisotopic (exact) mass is 345 g/mol. The first-order chi connectivity index (χ1) is 11.5. The fourth-order valence-electron chi connectivity index (χ4n) is 2.51. The van der Waals surface area contributed by atoms with E-state index in [1.165, 1.54) is 16.7 Å². The lowest BCUT2D eigenvalue weighted by atomic mass is 10.0. The zero-order valence-corrected chi connectivity index (χ0v) is 15.2. The molecule has 1 amide bonds. The molecule has 4 heteroatoms. The largest absolute Gasteiger partial charge is 0.481 e. The molecular weight excluding hydrogens is 322 g/mol. The number of aryl methyl sites for hydroxylation is 2. The molecule has 0 saturated carbocycles. The van der Waals surface area contributed by atoms with Crippen LogP contribution in [-0.2, 0) is 24.2 Å². The van der Waals surface area contributed by atoms with Crippen LogP contribution >= 0.6 is 11.6 Å². The van der Waals surface area contributed by atoms with Crippen molar-refractivity contribution in [3.8, 4) is 5.75 Å². The number of rotatable bonds is 7. The Hall–Kier alpha value is -2.00. The predicted octanol–water partition coefficient (Wildman–Crippen LogP) is 4.55. The molecule has 128 valence electrons. The van der Waals surface area contributed by atoms with Crippen LogP contribution in [-0.4, -0.2) is 12.0 Å². The van der Waals surface area contributed by atoms with Gasteiger partial charge in [-0.15, -0.1) is 0 Å². The zero-order valence-electron chi connectivity index (χ0n) is 14.4. The molecule has 3 nitrogen and oxygen atoms in total. The van der Waals surface area contributed by atoms with Gasteiger partial charge < -0.3 is 10.1 Å². The number of amides is 1. The van der Waals surface area contributed by atoms with Crippen LogP contribution in [0.4, 0.5) is 0 Å². The van der Waals surface area contributed by atoms with Crippen molar-refractivity contribution in [2.24, 2.45) is 0 Å². The first kappa shape index (κ1) is 18.3. The van der Waals surface area contributed by atoms with E-state index in [0.717, 1.165) is 12.8 Å². The number of ether oxygens (including phenoxy) is 1. The van der Waals surface area contributed by atoms with Crippen LogP contribution in [0.3, 0.4) is 0 Å². The second-order valence-electron chi connectivity index (χ2n) is 5.74. The molecule has 0 aromatic heterocycles. The van der Waals surface area contributed by atoms with Crippen LogP contribution in [0.15, 0.2) is 42.5 Å². The van der Waals surface area contributed by atoms with Crippen LogP contribution in [0, 0.1) is 0 Å². The first-order valence-electron chi connectivity index (χ1n) is 8.34. The Bertz CT molecular complexity index is 683. The molecule has 0 unspecified atom stereocenters. The molecule has 0 aliphatic carbocycles. The summed E-state index contributed by atoms with van der Waals surface area (Å²) in [6.45, 7) is 6.52. The maximum Gasteiger partial charge on any atom is 0.261 e. The molecule has 0 radical (unpaired) electrons. The van der Waals surface area contributed by atoms with Crippen molar-refractivity contribution < 1.29 is 9.53 Å². The van der Waals surface area contributed by atoms with Crippen molar-refractivity contribution in [3.63, 3.8) is 0 Å². The molecule has 24 heavy (non-hydrogen) atoms. The van der Waals surface area contributed by atoms with E-state index in [1.807, 2.05) is 0 Å². The van der Waals surface area contributed by atoms with Gasteiger partial charge >= 0.3 is 0 Å². The third-order valence-corrected chi connectivity index (χ3v) is 4.26. The van der Waals surface area contributed by atoms with E-state index >= 15 is 0 Å². The SMILES string of the molecule is CCc1ccc(CC)c(CNC(=O)[C@H](C)Oc2ccc(Cl)cc2)c1. The van der Waals surface area contributed by atoms with Crippen LogP contribution in [0.5, 0.6) is 5.75 Å². The lowest BCUT2D eigenvalue weighted by Gasteiger charge is -2.16. The second kappa shape index (κ2) is 8.74. The van der Waals surface area contributed by atoms with Crippen molar-refractivity contribution in [2.45, 2.75) is 46.3 Å². The predicted molar refractivity (Wildman–Crippen MR) is 98.6 cm³/mol. The Kier molecular flexibility index (Phi) is 6.68. The number of carbonyl (C=O) groups is 1. The van der Waals surface area contributed by atoms with Gasteiger partial charge in [0.25, 0.3) is 5.91 Å². The van der Waals surface area contributed by atoms with Gasteiger partial charge in [-0.25, -0.2) is 0 Å². The molecule has 2 aromatic rings. The van der Waals surface area contributed by atoms with Crippen LogP contribution in [0.25, 0.3) is 0 Å². The number of nitrogens with one attached hydrogen (secondary N) is 1. The number of halogens is 1. The maximum absolute atomic E-state index is 12.3. The molecular formula is C20H24ClNO2. The fraction of sp³-hybridized carbons (Fsp3) is 0.350. The summed E-state index contributed by atoms with van der Waals surface area (Å²) in [7, 11) is 0. The van der Waals surface area contributed by atoms with Gasteiger partial charge in [-0.05, 0) is 60.7 Å². The standard InChI is InChI=1S/C20H24ClNO2/c1-4-15-6-7-16(5-2)17(12-15)13-22-20(23)14(3)24-19-10-8-18(21)9-11-19/h6-12,14H,4-5,13H2,1-3H3,(H,22,23)/t14-/m0/s1. The number of hydrogen-bond acceptors (Lipinski definition) is 2. The van der Waals surface area contributed by atoms with Gasteiger partial charge in [0.2, 0.25) is 0 Å². The Morgan fingerprint density at radius 1 is 1.08 bits per heavy atom. The topological polar surface area (TPSA) is 38.3 Å². The Balaban J connectivity index is 1.95. The van der Waals surface area contributed by atoms with Crippen LogP contribution in [0.2, 0.25) is 5.02 Å². The van der Waals surface area contributed by atoms with Crippen molar-refractivity contribution in [1.82, 2.24) is 5.32 Å². The van der Waals surface area contributed by atoms with Crippen molar-refractivity contribution in [3.05, 3.63) is 64.2 Å². The average molecular weight is 346 g/mol. The maximum atomic E-state index is 12.3. The normalized spacial score (nSPS) is 11.8. The van der Waals surface area contributed by atoms with Crippen molar-refractivity contribution in [1.29, 1.82) is 0 Å². The smallest absolute Gasteiger partial charge is 0.261 e. The second-order valence-corrected chi connectivity index (χ2v) is 6.18. The molecule has 0 heterocycles. The van der Waals surface area contributed by atoms with Gasteiger partial charge in [-0.2, -0.15) is 0 Å². The molecule has 1 N–H and O–H groups in total. The van der Waals surface area contributed by atoms with Crippen molar-refractivity contribution in [2.75, 3.05) is 0 Å². The van der Waals surface area contributed by atoms with Gasteiger partial charge in [0.05, 0.1) is 0 Å². The molecule has 2 aromatic carbocycles. The Morgan fingerprint density at radius 2 is 1.79 bits per heavy atom. The molecule has 1 atom stereocenters. The minimum Gasteiger partial charge on any atom is -0.481 e. The summed E-state index contributed by atoms with van der Waals surface area (Å²) >= 11 is 5.85. The summed E-state index contributed by atoms with van der Waals surface area (Å²) in [4.78, 5) is 12.3. The van der Waals surface area contributed by atoms with Crippen molar-refractivity contribution >= 4 is 17.5 Å². The minimum absolute atomic E-state index is 0.131. The molecule has 0 aliphatic rings. The quantitative estimate of drug-likeness (QED) is 0.799. The number of carbonyl (C=O) groups excluding carboxylic acids is 1. The highest BCUT2D eigenvalue weighted by Gasteiger charge is 2.15. The minimum atomic E-state index is -0.564. The molecule has 0 saturated heterocycles.